The molecule has 0 aromatic rings. The van der Waals surface area contributed by atoms with E-state index in [2.05, 4.69) is 26.1 Å². The van der Waals surface area contributed by atoms with Gasteiger partial charge in [-0.15, -0.1) is 0 Å². The van der Waals surface area contributed by atoms with Crippen LogP contribution in [0.2, 0.25) is 0 Å². The van der Waals surface area contributed by atoms with Gasteiger partial charge in [0.05, 0.1) is 25.2 Å². The monoisotopic (exact) mass is 724 g/mol. The van der Waals surface area contributed by atoms with Crippen LogP contribution in [0.3, 0.4) is 0 Å². The van der Waals surface area contributed by atoms with E-state index >= 15 is 0 Å². The van der Waals surface area contributed by atoms with Crippen molar-refractivity contribution in [2.24, 2.45) is 0 Å². The first-order valence-corrected chi connectivity index (χ1v) is 22.8. The fourth-order valence-electron chi connectivity index (χ4n) is 7.20. The summed E-state index contributed by atoms with van der Waals surface area (Å²) < 4.78 is 5.89. The van der Waals surface area contributed by atoms with Gasteiger partial charge in [0.2, 0.25) is 5.91 Å². The maximum absolute atomic E-state index is 13.1. The minimum atomic E-state index is -0.776. The van der Waals surface area contributed by atoms with E-state index in [1.54, 1.807) is 0 Å². The molecular formula is C45H89NO5. The largest absolute Gasteiger partial charge is 0.462 e. The number of aliphatic hydroxyl groups excluding tert-OH is 2. The normalized spacial score (nSPS) is 13.3. The third kappa shape index (κ3) is 35.6. The van der Waals surface area contributed by atoms with E-state index in [0.29, 0.717) is 19.3 Å². The zero-order valence-electron chi connectivity index (χ0n) is 34.5. The Bertz CT molecular complexity index is 731. The fraction of sp³-hybridized carbons (Fsp3) is 0.956. The first-order chi connectivity index (χ1) is 25.0. The van der Waals surface area contributed by atoms with Crippen molar-refractivity contribution >= 4 is 11.9 Å². The van der Waals surface area contributed by atoms with Crippen LogP contribution in [0.1, 0.15) is 252 Å². The highest BCUT2D eigenvalue weighted by Crippen LogP contribution is 2.18. The molecule has 0 saturated carbocycles. The average Bonchev–Trinajstić information content (AvgIpc) is 3.12. The van der Waals surface area contributed by atoms with Crippen molar-refractivity contribution < 1.29 is 24.5 Å². The second-order valence-corrected chi connectivity index (χ2v) is 15.8. The topological polar surface area (TPSA) is 95.9 Å². The highest BCUT2D eigenvalue weighted by atomic mass is 16.5. The summed E-state index contributed by atoms with van der Waals surface area (Å²) in [5.74, 6) is -0.461. The lowest BCUT2D eigenvalue weighted by molar-refractivity contribution is -0.151. The molecule has 6 nitrogen and oxygen atoms in total. The van der Waals surface area contributed by atoms with Crippen LogP contribution in [0.5, 0.6) is 0 Å². The van der Waals surface area contributed by atoms with Crippen LogP contribution >= 0.6 is 0 Å². The van der Waals surface area contributed by atoms with Crippen LogP contribution in [-0.4, -0.2) is 46.9 Å². The second-order valence-electron chi connectivity index (χ2n) is 15.8. The van der Waals surface area contributed by atoms with Crippen molar-refractivity contribution in [1.82, 2.24) is 5.32 Å². The van der Waals surface area contributed by atoms with Gasteiger partial charge < -0.3 is 20.3 Å². The summed E-state index contributed by atoms with van der Waals surface area (Å²) in [6.45, 7) is 6.46. The van der Waals surface area contributed by atoms with Crippen molar-refractivity contribution in [2.75, 3.05) is 6.61 Å². The van der Waals surface area contributed by atoms with E-state index in [0.717, 1.165) is 44.9 Å². The van der Waals surface area contributed by atoms with Crippen LogP contribution in [0.15, 0.2) is 0 Å². The van der Waals surface area contributed by atoms with Crippen molar-refractivity contribution in [1.29, 1.82) is 0 Å². The first-order valence-electron chi connectivity index (χ1n) is 22.8. The smallest absolute Gasteiger partial charge is 0.306 e. The minimum absolute atomic E-state index is 0.0865. The fourth-order valence-corrected chi connectivity index (χ4v) is 7.20. The summed E-state index contributed by atoms with van der Waals surface area (Å²) in [5, 5.41) is 23.6. The molecule has 0 aromatic heterocycles. The van der Waals surface area contributed by atoms with Crippen molar-refractivity contribution in [3.63, 3.8) is 0 Å². The number of carbonyl (C=O) groups is 2. The highest BCUT2D eigenvalue weighted by molar-refractivity contribution is 5.77. The van der Waals surface area contributed by atoms with Crippen molar-refractivity contribution in [3.05, 3.63) is 0 Å². The van der Waals surface area contributed by atoms with Crippen LogP contribution in [0.4, 0.5) is 0 Å². The molecule has 3 atom stereocenters. The summed E-state index contributed by atoms with van der Waals surface area (Å²) >= 11 is 0. The Kier molecular flexibility index (Phi) is 39.2. The molecular weight excluding hydrogens is 634 g/mol. The Morgan fingerprint density at radius 3 is 1.20 bits per heavy atom. The Balaban J connectivity index is 4.54. The molecule has 51 heavy (non-hydrogen) atoms. The lowest BCUT2D eigenvalue weighted by Gasteiger charge is -2.24. The number of hydrogen-bond donors (Lipinski definition) is 3. The number of rotatable bonds is 41. The lowest BCUT2D eigenvalue weighted by atomic mass is 10.0. The molecule has 0 bridgehead atoms. The van der Waals surface area contributed by atoms with Gasteiger partial charge in [0.15, 0.2) is 0 Å². The molecule has 0 aliphatic heterocycles. The van der Waals surface area contributed by atoms with Gasteiger partial charge in [-0.1, -0.05) is 213 Å². The average molecular weight is 724 g/mol. The predicted octanol–water partition coefficient (Wildman–Crippen LogP) is 12.8. The van der Waals surface area contributed by atoms with Gasteiger partial charge in [-0.25, -0.2) is 0 Å². The Morgan fingerprint density at radius 1 is 0.490 bits per heavy atom. The molecule has 1 amide bonds. The van der Waals surface area contributed by atoms with Gasteiger partial charge in [0.1, 0.15) is 6.10 Å². The number of amides is 1. The molecule has 6 heteroatoms. The van der Waals surface area contributed by atoms with Crippen LogP contribution in [-0.2, 0) is 14.3 Å². The van der Waals surface area contributed by atoms with Crippen LogP contribution in [0.25, 0.3) is 0 Å². The third-order valence-corrected chi connectivity index (χ3v) is 10.7. The van der Waals surface area contributed by atoms with Gasteiger partial charge in [-0.3, -0.25) is 9.59 Å². The molecule has 3 N–H and O–H groups in total. The SMILES string of the molecule is CCCCCCCCCCCCCCCC(CC(=O)NC(CO)C(O)CCCCCCCCCCCC)OC(=O)CCCCCCCCCCC. The number of ether oxygens (including phenoxy) is 1. The van der Waals surface area contributed by atoms with Crippen LogP contribution < -0.4 is 5.32 Å². The standard InChI is InChI=1S/C45H89NO5/c1-4-7-10-13-16-19-21-22-23-25-27-30-33-36-41(51-45(50)38-35-32-29-24-18-15-12-9-6-3)39-44(49)46-42(40-47)43(48)37-34-31-28-26-20-17-14-11-8-5-2/h41-43,47-48H,4-40H2,1-3H3,(H,46,49). The Labute approximate surface area is 317 Å². The van der Waals surface area contributed by atoms with E-state index in [1.807, 2.05) is 0 Å². The summed E-state index contributed by atoms with van der Waals surface area (Å²) in [7, 11) is 0. The number of nitrogens with one attached hydrogen (secondary N) is 1. The number of aliphatic hydroxyl groups is 2. The minimum Gasteiger partial charge on any atom is -0.462 e. The second kappa shape index (κ2) is 40.1. The molecule has 0 aromatic carbocycles. The molecule has 0 rings (SSSR count). The van der Waals surface area contributed by atoms with E-state index in [9.17, 15) is 19.8 Å². The molecule has 0 fully saturated rings. The number of hydrogen-bond acceptors (Lipinski definition) is 5. The number of unbranched alkanes of at least 4 members (excludes halogenated alkanes) is 29. The zero-order valence-corrected chi connectivity index (χ0v) is 34.5. The van der Waals surface area contributed by atoms with Crippen molar-refractivity contribution in [2.45, 2.75) is 270 Å². The molecule has 304 valence electrons. The molecule has 0 heterocycles. The van der Waals surface area contributed by atoms with Gasteiger partial charge >= 0.3 is 5.97 Å². The van der Waals surface area contributed by atoms with E-state index in [4.69, 9.17) is 4.74 Å². The van der Waals surface area contributed by atoms with Gasteiger partial charge in [0, 0.05) is 6.42 Å². The summed E-state index contributed by atoms with van der Waals surface area (Å²) in [6.07, 6.45) is 40.2. The number of carbonyl (C=O) groups excluding carboxylic acids is 2. The lowest BCUT2D eigenvalue weighted by Crippen LogP contribution is -2.46. The molecule has 0 aliphatic rings. The molecule has 3 unspecified atom stereocenters. The maximum Gasteiger partial charge on any atom is 0.306 e. The summed E-state index contributed by atoms with van der Waals surface area (Å²) in [5.41, 5.74) is 0. The molecule has 0 spiro atoms. The van der Waals surface area contributed by atoms with Gasteiger partial charge in [0.25, 0.3) is 0 Å². The van der Waals surface area contributed by atoms with Gasteiger partial charge in [-0.2, -0.15) is 0 Å². The van der Waals surface area contributed by atoms with E-state index in [1.165, 1.54) is 161 Å². The first kappa shape index (κ1) is 49.9. The van der Waals surface area contributed by atoms with E-state index in [-0.39, 0.29) is 24.9 Å². The number of esters is 1. The van der Waals surface area contributed by atoms with Crippen LogP contribution in [0, 0.1) is 0 Å². The Morgan fingerprint density at radius 2 is 0.824 bits per heavy atom. The molecule has 0 saturated heterocycles. The van der Waals surface area contributed by atoms with Gasteiger partial charge in [-0.05, 0) is 25.7 Å². The molecule has 0 aliphatic carbocycles. The molecule has 0 radical (unpaired) electrons. The third-order valence-electron chi connectivity index (χ3n) is 10.7. The predicted molar refractivity (Wildman–Crippen MR) is 218 cm³/mol. The van der Waals surface area contributed by atoms with Crippen molar-refractivity contribution in [3.8, 4) is 0 Å². The Hall–Kier alpha value is -1.14. The highest BCUT2D eigenvalue weighted by Gasteiger charge is 2.24. The summed E-state index contributed by atoms with van der Waals surface area (Å²) in [6, 6.07) is -0.689. The maximum atomic E-state index is 13.1. The quantitative estimate of drug-likeness (QED) is 0.0431. The zero-order chi connectivity index (χ0) is 37.5. The van der Waals surface area contributed by atoms with E-state index < -0.39 is 18.2 Å². The summed E-state index contributed by atoms with van der Waals surface area (Å²) in [4.78, 5) is 25.9.